The van der Waals surface area contributed by atoms with E-state index in [1.807, 2.05) is 18.4 Å². The smallest absolute Gasteiger partial charge is 0.111 e. The number of hydrogen-bond donors (Lipinski definition) is 1. The third kappa shape index (κ3) is 1.21. The molecule has 2 heterocycles. The SMILES string of the molecule is Sn1cc2c(n1)C=CCC=N2. The van der Waals surface area contributed by atoms with Crippen LogP contribution in [0.3, 0.4) is 0 Å². The fourth-order valence-corrected chi connectivity index (χ4v) is 1.18. The summed E-state index contributed by atoms with van der Waals surface area (Å²) in [6.07, 6.45) is 8.50. The van der Waals surface area contributed by atoms with Gasteiger partial charge in [0.25, 0.3) is 0 Å². The molecule has 0 spiro atoms. The first-order chi connectivity index (χ1) is 5.36. The molecule has 0 amide bonds. The zero-order valence-corrected chi connectivity index (χ0v) is 6.70. The molecule has 0 atom stereocenters. The van der Waals surface area contributed by atoms with Crippen molar-refractivity contribution in [2.24, 2.45) is 4.99 Å². The molecular formula is C7H7N3S. The van der Waals surface area contributed by atoms with Crippen molar-refractivity contribution in [2.75, 3.05) is 0 Å². The van der Waals surface area contributed by atoms with E-state index in [0.29, 0.717) is 0 Å². The topological polar surface area (TPSA) is 30.2 Å². The van der Waals surface area contributed by atoms with Crippen LogP contribution >= 0.6 is 12.8 Å². The van der Waals surface area contributed by atoms with Gasteiger partial charge in [0.05, 0.1) is 6.20 Å². The first-order valence-corrected chi connectivity index (χ1v) is 3.74. The molecule has 1 aliphatic rings. The molecule has 0 bridgehead atoms. The summed E-state index contributed by atoms with van der Waals surface area (Å²) in [6.45, 7) is 0. The minimum absolute atomic E-state index is 0.878. The molecule has 0 aromatic carbocycles. The maximum atomic E-state index is 4.19. The van der Waals surface area contributed by atoms with Gasteiger partial charge in [0.2, 0.25) is 0 Å². The van der Waals surface area contributed by atoms with E-state index in [1.54, 1.807) is 6.20 Å². The number of rotatable bonds is 0. The Morgan fingerprint density at radius 2 is 2.45 bits per heavy atom. The molecule has 1 aromatic heterocycles. The molecular weight excluding hydrogens is 158 g/mol. The molecule has 11 heavy (non-hydrogen) atoms. The molecule has 0 saturated heterocycles. The number of aromatic nitrogens is 2. The Balaban J connectivity index is 2.56. The highest BCUT2D eigenvalue weighted by atomic mass is 32.1. The quantitative estimate of drug-likeness (QED) is 0.582. The van der Waals surface area contributed by atoms with Crippen LogP contribution in [0.4, 0.5) is 5.69 Å². The van der Waals surface area contributed by atoms with Crippen molar-refractivity contribution in [3.63, 3.8) is 0 Å². The Hall–Kier alpha value is -1.03. The fourth-order valence-electron chi connectivity index (χ4n) is 0.976. The zero-order valence-electron chi connectivity index (χ0n) is 5.81. The van der Waals surface area contributed by atoms with E-state index in [4.69, 9.17) is 0 Å². The third-order valence-electron chi connectivity index (χ3n) is 1.46. The zero-order chi connectivity index (χ0) is 7.68. The number of aliphatic imine (C=N–C) groups is 1. The van der Waals surface area contributed by atoms with E-state index in [1.165, 1.54) is 4.09 Å². The molecule has 0 aliphatic carbocycles. The highest BCUT2D eigenvalue weighted by molar-refractivity contribution is 7.78. The molecule has 0 fully saturated rings. The van der Waals surface area contributed by atoms with Crippen LogP contribution in [0.5, 0.6) is 0 Å². The number of allylic oxidation sites excluding steroid dienone is 1. The summed E-state index contributed by atoms with van der Waals surface area (Å²) in [6, 6.07) is 0. The third-order valence-corrected chi connectivity index (χ3v) is 1.66. The lowest BCUT2D eigenvalue weighted by atomic mass is 10.3. The van der Waals surface area contributed by atoms with E-state index in [9.17, 15) is 0 Å². The van der Waals surface area contributed by atoms with Gasteiger partial charge in [-0.2, -0.15) is 5.10 Å². The van der Waals surface area contributed by atoms with Crippen LogP contribution < -0.4 is 0 Å². The number of thiol groups is 1. The Labute approximate surface area is 70.0 Å². The Kier molecular flexibility index (Phi) is 1.54. The summed E-state index contributed by atoms with van der Waals surface area (Å²) in [7, 11) is 0. The molecule has 0 radical (unpaired) electrons. The van der Waals surface area contributed by atoms with E-state index in [0.717, 1.165) is 17.8 Å². The summed E-state index contributed by atoms with van der Waals surface area (Å²) < 4.78 is 1.47. The summed E-state index contributed by atoms with van der Waals surface area (Å²) in [5, 5.41) is 4.09. The van der Waals surface area contributed by atoms with Gasteiger partial charge in [0, 0.05) is 12.6 Å². The van der Waals surface area contributed by atoms with Crippen LogP contribution in [0.25, 0.3) is 6.08 Å². The average molecular weight is 165 g/mol. The van der Waals surface area contributed by atoms with Gasteiger partial charge in [-0.05, 0) is 18.9 Å². The first-order valence-electron chi connectivity index (χ1n) is 3.34. The Morgan fingerprint density at radius 1 is 1.55 bits per heavy atom. The summed E-state index contributed by atoms with van der Waals surface area (Å²) >= 11 is 4.04. The van der Waals surface area contributed by atoms with E-state index in [-0.39, 0.29) is 0 Å². The van der Waals surface area contributed by atoms with Crippen molar-refractivity contribution in [1.82, 2.24) is 9.19 Å². The van der Waals surface area contributed by atoms with Crippen molar-refractivity contribution in [1.29, 1.82) is 0 Å². The maximum Gasteiger partial charge on any atom is 0.111 e. The van der Waals surface area contributed by atoms with Crippen molar-refractivity contribution in [2.45, 2.75) is 6.42 Å². The molecule has 1 aromatic rings. The predicted molar refractivity (Wildman–Crippen MR) is 48.4 cm³/mol. The summed E-state index contributed by atoms with van der Waals surface area (Å²) in [5.41, 5.74) is 1.77. The number of nitrogens with zero attached hydrogens (tertiary/aromatic N) is 3. The minimum atomic E-state index is 0.878. The minimum Gasteiger partial charge on any atom is -0.257 e. The van der Waals surface area contributed by atoms with Crippen molar-refractivity contribution >= 4 is 30.8 Å². The van der Waals surface area contributed by atoms with E-state index in [2.05, 4.69) is 22.9 Å². The molecule has 0 N–H and O–H groups in total. The van der Waals surface area contributed by atoms with Crippen LogP contribution in [0.15, 0.2) is 17.3 Å². The molecule has 1 aliphatic heterocycles. The van der Waals surface area contributed by atoms with Crippen molar-refractivity contribution in [3.05, 3.63) is 18.0 Å². The van der Waals surface area contributed by atoms with E-state index < -0.39 is 0 Å². The Bertz CT molecular complexity index is 295. The van der Waals surface area contributed by atoms with Crippen molar-refractivity contribution < 1.29 is 0 Å². The van der Waals surface area contributed by atoms with Gasteiger partial charge in [-0.15, -0.1) is 0 Å². The number of hydrogen-bond acceptors (Lipinski definition) is 3. The molecule has 3 nitrogen and oxygen atoms in total. The molecule has 4 heteroatoms. The monoisotopic (exact) mass is 165 g/mol. The van der Waals surface area contributed by atoms with Gasteiger partial charge in [0.15, 0.2) is 0 Å². The van der Waals surface area contributed by atoms with Gasteiger partial charge >= 0.3 is 0 Å². The second-order valence-electron chi connectivity index (χ2n) is 2.27. The maximum absolute atomic E-state index is 4.19. The second-order valence-corrected chi connectivity index (χ2v) is 2.68. The normalized spacial score (nSPS) is 14.6. The molecule has 0 saturated carbocycles. The van der Waals surface area contributed by atoms with Crippen LogP contribution in [0.1, 0.15) is 12.1 Å². The van der Waals surface area contributed by atoms with Gasteiger partial charge in [-0.25, -0.2) is 4.09 Å². The fraction of sp³-hybridized carbons (Fsp3) is 0.143. The van der Waals surface area contributed by atoms with Crippen LogP contribution in [0, 0.1) is 0 Å². The first kappa shape index (κ1) is 6.67. The Morgan fingerprint density at radius 3 is 3.36 bits per heavy atom. The van der Waals surface area contributed by atoms with Crippen LogP contribution in [0.2, 0.25) is 0 Å². The lowest BCUT2D eigenvalue weighted by molar-refractivity contribution is 1.01. The average Bonchev–Trinajstić information content (AvgIpc) is 2.17. The van der Waals surface area contributed by atoms with Crippen molar-refractivity contribution in [3.8, 4) is 0 Å². The summed E-state index contributed by atoms with van der Waals surface area (Å²) in [5.74, 6) is 0. The lowest BCUT2D eigenvalue weighted by Gasteiger charge is -1.81. The predicted octanol–water partition coefficient (Wildman–Crippen LogP) is 1.70. The molecule has 56 valence electrons. The van der Waals surface area contributed by atoms with Crippen LogP contribution in [-0.2, 0) is 0 Å². The molecule has 2 rings (SSSR count). The number of fused-ring (bicyclic) bond motifs is 1. The van der Waals surface area contributed by atoms with Gasteiger partial charge in [0.1, 0.15) is 11.4 Å². The summed E-state index contributed by atoms with van der Waals surface area (Å²) in [4.78, 5) is 4.19. The highest BCUT2D eigenvalue weighted by Gasteiger charge is 2.03. The standard InChI is InChI=1S/C7H7N3S/c11-10-5-7-6(9-10)3-1-2-4-8-7/h1,3-5,11H,2H2. The largest absolute Gasteiger partial charge is 0.257 e. The van der Waals surface area contributed by atoms with Gasteiger partial charge < -0.3 is 0 Å². The second kappa shape index (κ2) is 2.54. The van der Waals surface area contributed by atoms with Gasteiger partial charge in [-0.1, -0.05) is 6.08 Å². The van der Waals surface area contributed by atoms with Gasteiger partial charge in [-0.3, -0.25) is 4.99 Å². The highest BCUT2D eigenvalue weighted by Crippen LogP contribution is 2.20. The molecule has 0 unspecified atom stereocenters. The van der Waals surface area contributed by atoms with E-state index >= 15 is 0 Å². The lowest BCUT2D eigenvalue weighted by Crippen LogP contribution is -1.79. The van der Waals surface area contributed by atoms with Crippen LogP contribution in [-0.4, -0.2) is 15.4 Å².